The lowest BCUT2D eigenvalue weighted by molar-refractivity contribution is -0.137. The van der Waals surface area contributed by atoms with Gasteiger partial charge in [0.2, 0.25) is 5.88 Å². The molecule has 0 radical (unpaired) electrons. The third-order valence-electron chi connectivity index (χ3n) is 4.43. The summed E-state index contributed by atoms with van der Waals surface area (Å²) in [6, 6.07) is 8.47. The van der Waals surface area contributed by atoms with E-state index in [1.807, 2.05) is 12.2 Å². The van der Waals surface area contributed by atoms with Crippen LogP contribution in [0.15, 0.2) is 90.6 Å². The number of aromatic nitrogens is 1. The Morgan fingerprint density at radius 3 is 2.69 bits per heavy atom. The molecule has 0 bridgehead atoms. The highest BCUT2D eigenvalue weighted by atomic mass is 19.4. The Kier molecular flexibility index (Phi) is 5.12. The second kappa shape index (κ2) is 7.87. The van der Waals surface area contributed by atoms with Gasteiger partial charge in [-0.3, -0.25) is 0 Å². The second-order valence-corrected chi connectivity index (χ2v) is 6.49. The first kappa shape index (κ1) is 18.9. The van der Waals surface area contributed by atoms with Gasteiger partial charge in [0.15, 0.2) is 12.0 Å². The first-order valence-corrected chi connectivity index (χ1v) is 8.99. The number of hydrogen-bond donors (Lipinski definition) is 1. The van der Waals surface area contributed by atoms with Crippen molar-refractivity contribution in [2.75, 3.05) is 5.32 Å². The van der Waals surface area contributed by atoms with Crippen LogP contribution in [0.1, 0.15) is 18.4 Å². The smallest absolute Gasteiger partial charge is 0.416 e. The number of alkyl halides is 3. The van der Waals surface area contributed by atoms with Crippen molar-refractivity contribution < 1.29 is 22.6 Å². The van der Waals surface area contributed by atoms with Crippen LogP contribution in [0.3, 0.4) is 0 Å². The van der Waals surface area contributed by atoms with Crippen molar-refractivity contribution in [1.29, 1.82) is 0 Å². The molecule has 1 N–H and O–H groups in total. The van der Waals surface area contributed by atoms with Gasteiger partial charge in [0.25, 0.3) is 0 Å². The summed E-state index contributed by atoms with van der Waals surface area (Å²) in [5.74, 6) is 1.37. The molecule has 4 rings (SSSR count). The van der Waals surface area contributed by atoms with Gasteiger partial charge in [-0.05, 0) is 53.8 Å². The van der Waals surface area contributed by atoms with Gasteiger partial charge in [-0.15, -0.1) is 0 Å². The zero-order valence-corrected chi connectivity index (χ0v) is 15.2. The van der Waals surface area contributed by atoms with E-state index in [0.29, 0.717) is 28.6 Å². The van der Waals surface area contributed by atoms with Crippen LogP contribution in [-0.4, -0.2) is 4.98 Å². The molecule has 7 heteroatoms. The third kappa shape index (κ3) is 4.51. The molecule has 2 aliphatic rings. The van der Waals surface area contributed by atoms with Crippen molar-refractivity contribution in [3.8, 4) is 11.1 Å². The highest BCUT2D eigenvalue weighted by Crippen LogP contribution is 2.33. The van der Waals surface area contributed by atoms with Gasteiger partial charge in [0, 0.05) is 6.20 Å². The van der Waals surface area contributed by atoms with Crippen LogP contribution in [-0.2, 0) is 15.7 Å². The van der Waals surface area contributed by atoms with E-state index in [1.54, 1.807) is 18.2 Å². The average Bonchev–Trinajstić information content (AvgIpc) is 2.74. The molecule has 1 aliphatic heterocycles. The molecule has 2 heterocycles. The van der Waals surface area contributed by atoms with Gasteiger partial charge < -0.3 is 14.8 Å². The molecular weight excluding hydrogens is 381 g/mol. The second-order valence-electron chi connectivity index (χ2n) is 6.49. The van der Waals surface area contributed by atoms with Crippen LogP contribution in [0, 0.1) is 0 Å². The average molecular weight is 398 g/mol. The predicted octanol–water partition coefficient (Wildman–Crippen LogP) is 6.14. The molecule has 0 atom stereocenters. The minimum atomic E-state index is -4.39. The summed E-state index contributed by atoms with van der Waals surface area (Å²) in [5, 5.41) is 3.00. The van der Waals surface area contributed by atoms with Crippen LogP contribution < -0.4 is 5.32 Å². The van der Waals surface area contributed by atoms with E-state index in [4.69, 9.17) is 9.47 Å². The van der Waals surface area contributed by atoms with Gasteiger partial charge in [-0.1, -0.05) is 30.4 Å². The van der Waals surface area contributed by atoms with Crippen molar-refractivity contribution in [1.82, 2.24) is 4.98 Å². The molecule has 1 aliphatic carbocycles. The standard InChI is InChI=1S/C22H17F3N2O2/c23-22(24,25)18-8-4-7-16(11-18)17-9-10-26-20(12-17)27-21-14-28-13-19(29-21)15-5-2-1-3-6-15/h1-2,4-5,7-14H,3,6H2,(H,26,27). The topological polar surface area (TPSA) is 43.4 Å². The molecule has 1 aromatic carbocycles. The SMILES string of the molecule is FC(F)(F)c1cccc(-c2ccnc(NC3=COC=C(C4=CC=CCC4)O3)c2)c1. The summed E-state index contributed by atoms with van der Waals surface area (Å²) in [5.41, 5.74) is 1.37. The Labute approximate surface area is 165 Å². The normalized spacial score (nSPS) is 16.2. The largest absolute Gasteiger partial charge is 0.463 e. The number of nitrogens with zero attached hydrogens (tertiary/aromatic N) is 1. The molecule has 0 spiro atoms. The molecule has 2 aromatic rings. The van der Waals surface area contributed by atoms with E-state index in [2.05, 4.69) is 16.4 Å². The van der Waals surface area contributed by atoms with Crippen molar-refractivity contribution in [3.05, 3.63) is 96.1 Å². The van der Waals surface area contributed by atoms with Crippen LogP contribution in [0.25, 0.3) is 11.1 Å². The van der Waals surface area contributed by atoms with E-state index in [-0.39, 0.29) is 0 Å². The van der Waals surface area contributed by atoms with Gasteiger partial charge in [-0.25, -0.2) is 4.98 Å². The van der Waals surface area contributed by atoms with Crippen molar-refractivity contribution in [3.63, 3.8) is 0 Å². The number of rotatable bonds is 4. The van der Waals surface area contributed by atoms with Crippen molar-refractivity contribution in [2.45, 2.75) is 19.0 Å². The Bertz CT molecular complexity index is 1040. The molecule has 29 heavy (non-hydrogen) atoms. The molecule has 0 unspecified atom stereocenters. The minimum absolute atomic E-state index is 0.339. The Morgan fingerprint density at radius 1 is 1.03 bits per heavy atom. The Morgan fingerprint density at radius 2 is 1.90 bits per heavy atom. The molecule has 0 saturated carbocycles. The summed E-state index contributed by atoms with van der Waals surface area (Å²) in [4.78, 5) is 4.21. The number of hydrogen-bond acceptors (Lipinski definition) is 4. The van der Waals surface area contributed by atoms with Crippen LogP contribution in [0.5, 0.6) is 0 Å². The maximum absolute atomic E-state index is 13.0. The van der Waals surface area contributed by atoms with E-state index in [9.17, 15) is 13.2 Å². The van der Waals surface area contributed by atoms with E-state index < -0.39 is 11.7 Å². The molecule has 4 nitrogen and oxygen atoms in total. The monoisotopic (exact) mass is 398 g/mol. The zero-order valence-electron chi connectivity index (χ0n) is 15.2. The van der Waals surface area contributed by atoms with E-state index in [1.165, 1.54) is 24.8 Å². The van der Waals surface area contributed by atoms with Gasteiger partial charge in [0.1, 0.15) is 12.1 Å². The fraction of sp³-hybridized carbons (Fsp3) is 0.136. The third-order valence-corrected chi connectivity index (χ3v) is 4.43. The van der Waals surface area contributed by atoms with Gasteiger partial charge in [-0.2, -0.15) is 13.2 Å². The molecule has 1 aromatic heterocycles. The number of halogens is 3. The van der Waals surface area contributed by atoms with E-state index >= 15 is 0 Å². The molecule has 0 saturated heterocycles. The number of benzene rings is 1. The van der Waals surface area contributed by atoms with Crippen molar-refractivity contribution in [2.24, 2.45) is 0 Å². The fourth-order valence-electron chi connectivity index (χ4n) is 3.01. The lowest BCUT2D eigenvalue weighted by Crippen LogP contribution is -2.11. The van der Waals surface area contributed by atoms with Crippen molar-refractivity contribution >= 4 is 5.82 Å². The summed E-state index contributed by atoms with van der Waals surface area (Å²) >= 11 is 0. The predicted molar refractivity (Wildman–Crippen MR) is 103 cm³/mol. The number of allylic oxidation sites excluding steroid dienone is 4. The Balaban J connectivity index is 1.51. The molecule has 0 amide bonds. The first-order chi connectivity index (χ1) is 14.0. The fourth-order valence-corrected chi connectivity index (χ4v) is 3.01. The lowest BCUT2D eigenvalue weighted by Gasteiger charge is -2.20. The van der Waals surface area contributed by atoms with Gasteiger partial charge in [0.05, 0.1) is 5.56 Å². The van der Waals surface area contributed by atoms with Crippen LogP contribution in [0.2, 0.25) is 0 Å². The first-order valence-electron chi connectivity index (χ1n) is 8.99. The molecule has 148 valence electrons. The quantitative estimate of drug-likeness (QED) is 0.672. The highest BCUT2D eigenvalue weighted by Gasteiger charge is 2.30. The maximum atomic E-state index is 13.0. The number of pyridine rings is 1. The molecular formula is C22H17F3N2O2. The summed E-state index contributed by atoms with van der Waals surface area (Å²) in [6.45, 7) is 0. The number of anilines is 1. The maximum Gasteiger partial charge on any atom is 0.416 e. The van der Waals surface area contributed by atoms with Gasteiger partial charge >= 0.3 is 6.18 Å². The summed E-state index contributed by atoms with van der Waals surface area (Å²) in [6.07, 6.45) is 7.85. The minimum Gasteiger partial charge on any atom is -0.463 e. The van der Waals surface area contributed by atoms with Crippen LogP contribution in [0.4, 0.5) is 19.0 Å². The van der Waals surface area contributed by atoms with Crippen LogP contribution >= 0.6 is 0 Å². The zero-order chi connectivity index (χ0) is 20.3. The number of ether oxygens (including phenoxy) is 2. The number of nitrogens with one attached hydrogen (secondary N) is 1. The Hall–Kier alpha value is -3.48. The molecule has 0 fully saturated rings. The summed E-state index contributed by atoms with van der Waals surface area (Å²) < 4.78 is 50.1. The summed E-state index contributed by atoms with van der Waals surface area (Å²) in [7, 11) is 0. The lowest BCUT2D eigenvalue weighted by atomic mass is 10.0. The van der Waals surface area contributed by atoms with E-state index in [0.717, 1.165) is 30.5 Å². The highest BCUT2D eigenvalue weighted by molar-refractivity contribution is 5.67.